The second-order valence-electron chi connectivity index (χ2n) is 8.64. The van der Waals surface area contributed by atoms with Crippen LogP contribution in [0.15, 0.2) is 66.7 Å². The van der Waals surface area contributed by atoms with Crippen LogP contribution in [0.1, 0.15) is 20.7 Å². The molecule has 0 aromatic heterocycles. The predicted molar refractivity (Wildman–Crippen MR) is 141 cm³/mol. The minimum absolute atomic E-state index is 0.0234. The lowest BCUT2D eigenvalue weighted by atomic mass is 10.0. The highest BCUT2D eigenvalue weighted by molar-refractivity contribution is 7.86. The Morgan fingerprint density at radius 1 is 0.974 bits per heavy atom. The summed E-state index contributed by atoms with van der Waals surface area (Å²) in [5.41, 5.74) is 1.29. The number of morpholine rings is 1. The first-order chi connectivity index (χ1) is 18.2. The summed E-state index contributed by atoms with van der Waals surface area (Å²) < 4.78 is 38.6. The van der Waals surface area contributed by atoms with E-state index in [9.17, 15) is 23.1 Å². The van der Waals surface area contributed by atoms with Gasteiger partial charge in [-0.3, -0.25) is 9.69 Å². The van der Waals surface area contributed by atoms with Gasteiger partial charge in [0.1, 0.15) is 18.1 Å². The van der Waals surface area contributed by atoms with Gasteiger partial charge in [0, 0.05) is 25.7 Å². The lowest BCUT2D eigenvalue weighted by molar-refractivity contribution is 0.0322. The van der Waals surface area contributed by atoms with Crippen molar-refractivity contribution < 1.29 is 36.8 Å². The van der Waals surface area contributed by atoms with E-state index in [1.54, 1.807) is 12.1 Å². The van der Waals surface area contributed by atoms with Crippen LogP contribution in [0.5, 0.6) is 11.5 Å². The SMILES string of the molecule is CS(=O)(=O)OC(=O)c1ccc(-c2ccccc2)cc1NC(=O)c1ccc(OCCN2CCOCC2)cc1O. The summed E-state index contributed by atoms with van der Waals surface area (Å²) in [6.07, 6.45) is 0.754. The van der Waals surface area contributed by atoms with Gasteiger partial charge in [0.2, 0.25) is 0 Å². The summed E-state index contributed by atoms with van der Waals surface area (Å²) in [5, 5.41) is 13.1. The molecule has 1 saturated heterocycles. The highest BCUT2D eigenvalue weighted by atomic mass is 32.2. The van der Waals surface area contributed by atoms with Crippen LogP contribution < -0.4 is 10.1 Å². The number of phenolic OH excluding ortho intramolecular Hbond substituents is 1. The zero-order valence-electron chi connectivity index (χ0n) is 20.8. The molecule has 2 N–H and O–H groups in total. The molecule has 0 unspecified atom stereocenters. The summed E-state index contributed by atoms with van der Waals surface area (Å²) in [4.78, 5) is 27.8. The third kappa shape index (κ3) is 7.31. The highest BCUT2D eigenvalue weighted by Gasteiger charge is 2.21. The van der Waals surface area contributed by atoms with Gasteiger partial charge < -0.3 is 24.1 Å². The molecule has 38 heavy (non-hydrogen) atoms. The molecule has 11 heteroatoms. The first-order valence-electron chi connectivity index (χ1n) is 11.9. The van der Waals surface area contributed by atoms with E-state index in [-0.39, 0.29) is 22.6 Å². The van der Waals surface area contributed by atoms with Crippen LogP contribution in [-0.2, 0) is 19.0 Å². The molecule has 0 radical (unpaired) electrons. The van der Waals surface area contributed by atoms with E-state index in [1.165, 1.54) is 24.3 Å². The highest BCUT2D eigenvalue weighted by Crippen LogP contribution is 2.29. The first-order valence-corrected chi connectivity index (χ1v) is 13.7. The first kappa shape index (κ1) is 27.1. The average Bonchev–Trinajstić information content (AvgIpc) is 2.89. The van der Waals surface area contributed by atoms with E-state index in [1.807, 2.05) is 30.3 Å². The second kappa shape index (κ2) is 12.1. The van der Waals surface area contributed by atoms with E-state index >= 15 is 0 Å². The molecule has 200 valence electrons. The Labute approximate surface area is 220 Å². The molecule has 10 nitrogen and oxygen atoms in total. The minimum Gasteiger partial charge on any atom is -0.507 e. The minimum atomic E-state index is -4.08. The third-order valence-corrected chi connectivity index (χ3v) is 6.27. The molecule has 3 aromatic carbocycles. The smallest absolute Gasteiger partial charge is 0.355 e. The average molecular weight is 541 g/mol. The number of anilines is 1. The second-order valence-corrected chi connectivity index (χ2v) is 10.2. The van der Waals surface area contributed by atoms with E-state index in [4.69, 9.17) is 9.47 Å². The van der Waals surface area contributed by atoms with Gasteiger partial charge in [-0.15, -0.1) is 0 Å². The molecule has 0 saturated carbocycles. The number of amides is 1. The van der Waals surface area contributed by atoms with Crippen LogP contribution in [0, 0.1) is 0 Å². The molecule has 1 aliphatic heterocycles. The lowest BCUT2D eigenvalue weighted by Gasteiger charge is -2.26. The standard InChI is InChI=1S/C27H28N2O8S/c1-38(33,34)37-27(32)22-9-7-20(19-5-3-2-4-6-19)17-24(22)28-26(31)23-10-8-21(18-25(23)30)36-16-13-29-11-14-35-15-12-29/h2-10,17-18,30H,11-16H2,1H3,(H,28,31). The quantitative estimate of drug-likeness (QED) is 0.393. The van der Waals surface area contributed by atoms with Gasteiger partial charge in [0.05, 0.1) is 36.3 Å². The topological polar surface area (TPSA) is 131 Å². The Balaban J connectivity index is 1.52. The molecule has 4 rings (SSSR count). The predicted octanol–water partition coefficient (Wildman–Crippen LogP) is 3.14. The number of phenols is 1. The molecule has 1 aliphatic rings. The Kier molecular flexibility index (Phi) is 8.62. The maximum atomic E-state index is 13.1. The molecule has 1 fully saturated rings. The van der Waals surface area contributed by atoms with Crippen molar-refractivity contribution in [2.75, 3.05) is 51.0 Å². The number of rotatable bonds is 9. The summed E-state index contributed by atoms with van der Waals surface area (Å²) in [7, 11) is -4.08. The van der Waals surface area contributed by atoms with E-state index < -0.39 is 22.0 Å². The number of nitrogens with one attached hydrogen (secondary N) is 1. The summed E-state index contributed by atoms with van der Waals surface area (Å²) in [5.74, 6) is -1.77. The number of hydrogen-bond donors (Lipinski definition) is 2. The zero-order chi connectivity index (χ0) is 27.1. The van der Waals surface area contributed by atoms with Crippen molar-refractivity contribution in [1.29, 1.82) is 0 Å². The van der Waals surface area contributed by atoms with Crippen molar-refractivity contribution in [3.63, 3.8) is 0 Å². The van der Waals surface area contributed by atoms with Crippen molar-refractivity contribution >= 4 is 27.7 Å². The number of carbonyl (C=O) groups is 2. The number of nitrogens with zero attached hydrogens (tertiary/aromatic N) is 1. The lowest BCUT2D eigenvalue weighted by Crippen LogP contribution is -2.38. The van der Waals surface area contributed by atoms with Gasteiger partial charge in [-0.25, -0.2) is 4.79 Å². The van der Waals surface area contributed by atoms with Crippen LogP contribution in [-0.4, -0.2) is 76.0 Å². The fourth-order valence-corrected chi connectivity index (χ4v) is 4.28. The van der Waals surface area contributed by atoms with Crippen molar-refractivity contribution in [2.24, 2.45) is 0 Å². The van der Waals surface area contributed by atoms with Crippen molar-refractivity contribution in [2.45, 2.75) is 0 Å². The van der Waals surface area contributed by atoms with Crippen LogP contribution in [0.25, 0.3) is 11.1 Å². The Bertz CT molecular complexity index is 1400. The van der Waals surface area contributed by atoms with Crippen LogP contribution >= 0.6 is 0 Å². The molecule has 0 spiro atoms. The molecule has 0 atom stereocenters. The van der Waals surface area contributed by atoms with Gasteiger partial charge in [-0.1, -0.05) is 36.4 Å². The normalized spacial score (nSPS) is 14.0. The third-order valence-electron chi connectivity index (χ3n) is 5.82. The molecule has 1 heterocycles. The number of benzene rings is 3. The van der Waals surface area contributed by atoms with Crippen molar-refractivity contribution in [3.05, 3.63) is 77.9 Å². The summed E-state index contributed by atoms with van der Waals surface area (Å²) in [6.45, 7) is 4.15. The molecule has 0 aliphatic carbocycles. The van der Waals surface area contributed by atoms with Crippen LogP contribution in [0.2, 0.25) is 0 Å². The monoisotopic (exact) mass is 540 g/mol. The van der Waals surface area contributed by atoms with E-state index in [2.05, 4.69) is 14.4 Å². The van der Waals surface area contributed by atoms with Crippen LogP contribution in [0.3, 0.4) is 0 Å². The maximum absolute atomic E-state index is 13.1. The fourth-order valence-electron chi connectivity index (χ4n) is 3.92. The molecular weight excluding hydrogens is 512 g/mol. The largest absolute Gasteiger partial charge is 0.507 e. The number of carbonyl (C=O) groups excluding carboxylic acids is 2. The molecule has 1 amide bonds. The number of hydrogen-bond acceptors (Lipinski definition) is 9. The number of aromatic hydroxyl groups is 1. The molecule has 0 bridgehead atoms. The van der Waals surface area contributed by atoms with E-state index in [0.29, 0.717) is 37.7 Å². The van der Waals surface area contributed by atoms with Crippen molar-refractivity contribution in [3.8, 4) is 22.6 Å². The Morgan fingerprint density at radius 2 is 1.68 bits per heavy atom. The Morgan fingerprint density at radius 3 is 2.37 bits per heavy atom. The molecule has 3 aromatic rings. The van der Waals surface area contributed by atoms with Gasteiger partial charge in [-0.2, -0.15) is 8.42 Å². The maximum Gasteiger partial charge on any atom is 0.355 e. The van der Waals surface area contributed by atoms with Gasteiger partial charge in [0.25, 0.3) is 5.91 Å². The van der Waals surface area contributed by atoms with Crippen molar-refractivity contribution in [1.82, 2.24) is 4.90 Å². The van der Waals surface area contributed by atoms with Crippen LogP contribution in [0.4, 0.5) is 5.69 Å². The summed E-state index contributed by atoms with van der Waals surface area (Å²) >= 11 is 0. The van der Waals surface area contributed by atoms with E-state index in [0.717, 1.165) is 24.9 Å². The van der Waals surface area contributed by atoms with Gasteiger partial charge in [-0.05, 0) is 35.4 Å². The molecular formula is C27H28N2O8S. The number of ether oxygens (including phenoxy) is 2. The fraction of sp³-hybridized carbons (Fsp3) is 0.259. The van der Waals surface area contributed by atoms with Gasteiger partial charge >= 0.3 is 16.1 Å². The Hall–Kier alpha value is -3.93. The summed E-state index contributed by atoms with van der Waals surface area (Å²) in [6, 6.07) is 18.0. The zero-order valence-corrected chi connectivity index (χ0v) is 21.6. The van der Waals surface area contributed by atoms with Gasteiger partial charge in [0.15, 0.2) is 0 Å².